The fraction of sp³-hybridized carbons (Fsp3) is 0.250. The van der Waals surface area contributed by atoms with Crippen molar-refractivity contribution < 1.29 is 19.0 Å². The Labute approximate surface area is 92.9 Å². The fourth-order valence-electron chi connectivity index (χ4n) is 1.10. The molecule has 0 radical (unpaired) electrons. The van der Waals surface area contributed by atoms with Crippen molar-refractivity contribution in [1.29, 1.82) is 0 Å². The van der Waals surface area contributed by atoms with Crippen molar-refractivity contribution in [3.63, 3.8) is 0 Å². The molecule has 0 saturated carbocycles. The highest BCUT2D eigenvalue weighted by Crippen LogP contribution is 2.08. The lowest BCUT2D eigenvalue weighted by Crippen LogP contribution is -1.99. The lowest BCUT2D eigenvalue weighted by molar-refractivity contribution is -0.136. The maximum absolute atomic E-state index is 13.0. The Morgan fingerprint density at radius 3 is 2.88 bits per heavy atom. The van der Waals surface area contributed by atoms with E-state index in [2.05, 4.69) is 16.6 Å². The summed E-state index contributed by atoms with van der Waals surface area (Å²) in [5, 5.41) is 8.84. The molecule has 0 aliphatic rings. The first kappa shape index (κ1) is 12.2. The third-order valence-electron chi connectivity index (χ3n) is 1.72. The van der Waals surface area contributed by atoms with E-state index >= 15 is 0 Å². The summed E-state index contributed by atoms with van der Waals surface area (Å²) in [6, 6.07) is 3.90. The fourth-order valence-corrected chi connectivity index (χ4v) is 1.10. The highest BCUT2D eigenvalue weighted by molar-refractivity contribution is 5.89. The molecular formula is C12H11FO3. The molecule has 0 spiro atoms. The molecule has 1 aromatic rings. The molecule has 84 valence electrons. The average molecular weight is 222 g/mol. The molecule has 0 aromatic heterocycles. The van der Waals surface area contributed by atoms with Gasteiger partial charge < -0.3 is 9.84 Å². The molecule has 0 aliphatic carbocycles. The summed E-state index contributed by atoms with van der Waals surface area (Å²) in [6.07, 6.45) is 0. The Hall–Kier alpha value is -1.86. The summed E-state index contributed by atoms with van der Waals surface area (Å²) in [4.78, 5) is 10.9. The highest BCUT2D eigenvalue weighted by atomic mass is 19.1. The van der Waals surface area contributed by atoms with Crippen molar-refractivity contribution in [3.05, 3.63) is 35.1 Å². The lowest BCUT2D eigenvalue weighted by atomic mass is 10.1. The van der Waals surface area contributed by atoms with Crippen molar-refractivity contribution in [2.75, 3.05) is 6.61 Å². The van der Waals surface area contributed by atoms with Crippen molar-refractivity contribution in [3.8, 4) is 11.8 Å². The molecule has 1 N–H and O–H groups in total. The zero-order valence-corrected chi connectivity index (χ0v) is 8.79. The smallest absolute Gasteiger partial charge is 0.384 e. The first-order valence-corrected chi connectivity index (χ1v) is 4.74. The average Bonchev–Trinajstić information content (AvgIpc) is 2.26. The second-order valence-corrected chi connectivity index (χ2v) is 2.98. The molecule has 0 saturated heterocycles. The van der Waals surface area contributed by atoms with Crippen molar-refractivity contribution in [1.82, 2.24) is 0 Å². The van der Waals surface area contributed by atoms with Gasteiger partial charge in [0.25, 0.3) is 0 Å². The van der Waals surface area contributed by atoms with E-state index in [1.165, 1.54) is 18.2 Å². The van der Waals surface area contributed by atoms with Crippen LogP contribution in [0.25, 0.3) is 0 Å². The summed E-state index contributed by atoms with van der Waals surface area (Å²) >= 11 is 0. The summed E-state index contributed by atoms with van der Waals surface area (Å²) in [6.45, 7) is 1.65. The van der Waals surface area contributed by atoms with E-state index in [1.807, 2.05) is 0 Å². The first-order valence-electron chi connectivity index (χ1n) is 4.74. The molecular weight excluding hydrogens is 211 g/mol. The zero-order chi connectivity index (χ0) is 12.0. The SMILES string of the molecule is CCOC(=O)C#Cc1cc(F)cc(CO)c1. The van der Waals surface area contributed by atoms with Crippen LogP contribution in [0, 0.1) is 17.7 Å². The monoisotopic (exact) mass is 222 g/mol. The second-order valence-electron chi connectivity index (χ2n) is 2.98. The molecule has 0 amide bonds. The first-order chi connectivity index (χ1) is 7.65. The van der Waals surface area contributed by atoms with Gasteiger partial charge >= 0.3 is 5.97 Å². The van der Waals surface area contributed by atoms with Gasteiger partial charge in [-0.2, -0.15) is 0 Å². The number of ether oxygens (including phenoxy) is 1. The topological polar surface area (TPSA) is 46.5 Å². The molecule has 1 aromatic carbocycles. The number of hydrogen-bond donors (Lipinski definition) is 1. The summed E-state index contributed by atoms with van der Waals surface area (Å²) in [5.74, 6) is 3.53. The van der Waals surface area contributed by atoms with Crippen LogP contribution in [0.4, 0.5) is 4.39 Å². The van der Waals surface area contributed by atoms with E-state index in [0.717, 1.165) is 0 Å². The zero-order valence-electron chi connectivity index (χ0n) is 8.79. The van der Waals surface area contributed by atoms with Gasteiger partial charge in [0.2, 0.25) is 0 Å². The Morgan fingerprint density at radius 1 is 1.50 bits per heavy atom. The van der Waals surface area contributed by atoms with E-state index in [4.69, 9.17) is 5.11 Å². The third kappa shape index (κ3) is 3.71. The number of halogens is 1. The molecule has 0 atom stereocenters. The van der Waals surface area contributed by atoms with Gasteiger partial charge in [0.05, 0.1) is 13.2 Å². The minimum Gasteiger partial charge on any atom is -0.456 e. The standard InChI is InChI=1S/C12H11FO3/c1-2-16-12(15)4-3-9-5-10(8-14)7-11(13)6-9/h5-7,14H,2,8H2,1H3. The number of aliphatic hydroxyl groups is 1. The van der Waals surface area contributed by atoms with E-state index in [-0.39, 0.29) is 13.2 Å². The molecule has 0 aliphatic heterocycles. The number of benzene rings is 1. The molecule has 16 heavy (non-hydrogen) atoms. The van der Waals surface area contributed by atoms with E-state index in [1.54, 1.807) is 6.92 Å². The van der Waals surface area contributed by atoms with Gasteiger partial charge in [-0.25, -0.2) is 9.18 Å². The number of esters is 1. The maximum atomic E-state index is 13.0. The van der Waals surface area contributed by atoms with E-state index < -0.39 is 11.8 Å². The summed E-state index contributed by atoms with van der Waals surface area (Å²) < 4.78 is 17.6. The van der Waals surface area contributed by atoms with Gasteiger partial charge in [-0.05, 0) is 30.7 Å². The van der Waals surface area contributed by atoms with Gasteiger partial charge in [-0.1, -0.05) is 5.92 Å². The Morgan fingerprint density at radius 2 is 2.25 bits per heavy atom. The Kier molecular flexibility index (Phi) is 4.49. The van der Waals surface area contributed by atoms with Gasteiger partial charge in [-0.15, -0.1) is 0 Å². The molecule has 1 rings (SSSR count). The minimum atomic E-state index is -0.655. The molecule has 3 nitrogen and oxygen atoms in total. The van der Waals surface area contributed by atoms with Crippen LogP contribution in [0.3, 0.4) is 0 Å². The molecule has 0 unspecified atom stereocenters. The summed E-state index contributed by atoms with van der Waals surface area (Å²) in [7, 11) is 0. The van der Waals surface area contributed by atoms with E-state index in [9.17, 15) is 9.18 Å². The van der Waals surface area contributed by atoms with Crippen LogP contribution >= 0.6 is 0 Å². The van der Waals surface area contributed by atoms with Crippen molar-refractivity contribution in [2.45, 2.75) is 13.5 Å². The molecule has 0 heterocycles. The van der Waals surface area contributed by atoms with Crippen LogP contribution in [0.1, 0.15) is 18.1 Å². The lowest BCUT2D eigenvalue weighted by Gasteiger charge is -1.97. The van der Waals surface area contributed by atoms with E-state index in [0.29, 0.717) is 11.1 Å². The highest BCUT2D eigenvalue weighted by Gasteiger charge is 1.99. The van der Waals surface area contributed by atoms with Crippen LogP contribution in [-0.2, 0) is 16.1 Å². The number of carbonyl (C=O) groups is 1. The van der Waals surface area contributed by atoms with Crippen molar-refractivity contribution >= 4 is 5.97 Å². The quantitative estimate of drug-likeness (QED) is 0.604. The number of hydrogen-bond acceptors (Lipinski definition) is 3. The minimum absolute atomic E-state index is 0.249. The largest absolute Gasteiger partial charge is 0.456 e. The van der Waals surface area contributed by atoms with Crippen LogP contribution in [-0.4, -0.2) is 17.7 Å². The van der Waals surface area contributed by atoms with Gasteiger partial charge in [0.15, 0.2) is 0 Å². The number of aliphatic hydroxyl groups excluding tert-OH is 1. The second kappa shape index (κ2) is 5.89. The molecule has 0 fully saturated rings. The third-order valence-corrected chi connectivity index (χ3v) is 1.72. The normalized spacial score (nSPS) is 9.19. The van der Waals surface area contributed by atoms with Crippen LogP contribution in [0.5, 0.6) is 0 Å². The Bertz CT molecular complexity index is 443. The van der Waals surface area contributed by atoms with Crippen LogP contribution in [0.2, 0.25) is 0 Å². The van der Waals surface area contributed by atoms with Gasteiger partial charge in [-0.3, -0.25) is 0 Å². The summed E-state index contributed by atoms with van der Waals surface area (Å²) in [5.41, 5.74) is 0.741. The van der Waals surface area contributed by atoms with Gasteiger partial charge in [0, 0.05) is 11.5 Å². The maximum Gasteiger partial charge on any atom is 0.384 e. The number of carbonyl (C=O) groups excluding carboxylic acids is 1. The van der Waals surface area contributed by atoms with Crippen molar-refractivity contribution in [2.24, 2.45) is 0 Å². The van der Waals surface area contributed by atoms with Crippen LogP contribution < -0.4 is 0 Å². The van der Waals surface area contributed by atoms with Gasteiger partial charge in [0.1, 0.15) is 5.82 Å². The predicted molar refractivity (Wildman–Crippen MR) is 55.8 cm³/mol. The van der Waals surface area contributed by atoms with Crippen LogP contribution in [0.15, 0.2) is 18.2 Å². The predicted octanol–water partition coefficient (Wildman–Crippen LogP) is 1.23. The number of rotatable bonds is 2. The molecule has 4 heteroatoms. The Balaban J connectivity index is 2.88. The molecule has 0 bridgehead atoms.